The van der Waals surface area contributed by atoms with Gasteiger partial charge in [-0.1, -0.05) is 35.9 Å². The number of imide groups is 1. The van der Waals surface area contributed by atoms with Crippen LogP contribution in [0.4, 0.5) is 11.4 Å². The molecule has 1 N–H and O–H groups in total. The van der Waals surface area contributed by atoms with Crippen molar-refractivity contribution in [3.05, 3.63) is 93.1 Å². The highest BCUT2D eigenvalue weighted by Crippen LogP contribution is 2.36. The summed E-state index contributed by atoms with van der Waals surface area (Å²) in [7, 11) is 1.54. The van der Waals surface area contributed by atoms with Crippen LogP contribution in [-0.2, 0) is 9.59 Å². The van der Waals surface area contributed by atoms with E-state index in [0.717, 1.165) is 22.3 Å². The summed E-state index contributed by atoms with van der Waals surface area (Å²) in [6, 6.07) is 16.6. The van der Waals surface area contributed by atoms with Gasteiger partial charge in [0.15, 0.2) is 0 Å². The fraction of sp³-hybridized carbons (Fsp3) is 0.185. The highest BCUT2D eigenvalue weighted by atomic mass is 35.5. The number of nitrogens with one attached hydrogen (secondary N) is 1. The first kappa shape index (κ1) is 22.6. The Morgan fingerprint density at radius 1 is 0.818 bits per heavy atom. The summed E-state index contributed by atoms with van der Waals surface area (Å²) in [6.45, 7) is 7.88. The van der Waals surface area contributed by atoms with E-state index in [1.807, 2.05) is 64.1 Å². The fourth-order valence-corrected chi connectivity index (χ4v) is 4.27. The zero-order chi connectivity index (χ0) is 23.9. The van der Waals surface area contributed by atoms with Gasteiger partial charge >= 0.3 is 0 Å². The first-order chi connectivity index (χ1) is 15.7. The molecule has 2 amide bonds. The molecule has 6 heteroatoms. The summed E-state index contributed by atoms with van der Waals surface area (Å²) in [5, 5.41) is 3.55. The van der Waals surface area contributed by atoms with Crippen LogP contribution >= 0.6 is 11.6 Å². The number of nitrogens with zero attached hydrogens (tertiary/aromatic N) is 1. The smallest absolute Gasteiger partial charge is 0.282 e. The van der Waals surface area contributed by atoms with Gasteiger partial charge in [-0.05, 0) is 85.8 Å². The van der Waals surface area contributed by atoms with Crippen LogP contribution in [0.3, 0.4) is 0 Å². The average Bonchev–Trinajstić information content (AvgIpc) is 2.99. The summed E-state index contributed by atoms with van der Waals surface area (Å²) in [6.07, 6.45) is 0. The number of hydrogen-bond acceptors (Lipinski definition) is 4. The van der Waals surface area contributed by atoms with Crippen molar-refractivity contribution < 1.29 is 14.3 Å². The van der Waals surface area contributed by atoms with Crippen molar-refractivity contribution in [2.24, 2.45) is 0 Å². The Bertz CT molecular complexity index is 1310. The molecule has 33 heavy (non-hydrogen) atoms. The summed E-state index contributed by atoms with van der Waals surface area (Å²) in [4.78, 5) is 28.5. The number of anilines is 2. The van der Waals surface area contributed by atoms with E-state index in [-0.39, 0.29) is 11.6 Å². The van der Waals surface area contributed by atoms with Crippen LogP contribution in [0, 0.1) is 27.7 Å². The molecule has 0 aromatic heterocycles. The monoisotopic (exact) mass is 460 g/mol. The minimum absolute atomic E-state index is 0.212. The number of benzene rings is 3. The molecular formula is C27H25ClN2O3. The second-order valence-corrected chi connectivity index (χ2v) is 8.72. The van der Waals surface area contributed by atoms with Gasteiger partial charge in [-0.15, -0.1) is 0 Å². The number of hydrogen-bond donors (Lipinski definition) is 1. The Labute approximate surface area is 198 Å². The molecule has 1 aliphatic rings. The second-order valence-electron chi connectivity index (χ2n) is 8.31. The van der Waals surface area contributed by atoms with Crippen LogP contribution in [-0.4, -0.2) is 18.9 Å². The Morgan fingerprint density at radius 2 is 1.52 bits per heavy atom. The molecule has 1 heterocycles. The lowest BCUT2D eigenvalue weighted by atomic mass is 9.99. The summed E-state index contributed by atoms with van der Waals surface area (Å²) in [5.41, 5.74) is 6.45. The molecule has 0 spiro atoms. The molecule has 0 radical (unpaired) electrons. The van der Waals surface area contributed by atoms with Gasteiger partial charge in [0.2, 0.25) is 0 Å². The van der Waals surface area contributed by atoms with E-state index >= 15 is 0 Å². The summed E-state index contributed by atoms with van der Waals surface area (Å²) in [5.74, 6) is -0.253. The number of aryl methyl sites for hydroxylation is 4. The van der Waals surface area contributed by atoms with Crippen molar-refractivity contribution in [2.45, 2.75) is 27.7 Å². The van der Waals surface area contributed by atoms with Gasteiger partial charge in [-0.2, -0.15) is 0 Å². The molecule has 0 atom stereocenters. The number of amides is 2. The van der Waals surface area contributed by atoms with Crippen LogP contribution in [0.15, 0.2) is 60.3 Å². The molecule has 3 aromatic carbocycles. The summed E-state index contributed by atoms with van der Waals surface area (Å²) >= 11 is 6.29. The van der Waals surface area contributed by atoms with Gasteiger partial charge in [-0.25, -0.2) is 4.90 Å². The zero-order valence-corrected chi connectivity index (χ0v) is 20.0. The normalized spacial score (nSPS) is 13.7. The maximum Gasteiger partial charge on any atom is 0.282 e. The third kappa shape index (κ3) is 4.24. The Kier molecular flexibility index (Phi) is 6.00. The van der Waals surface area contributed by atoms with Gasteiger partial charge in [-0.3, -0.25) is 9.59 Å². The molecule has 0 bridgehead atoms. The van der Waals surface area contributed by atoms with Crippen LogP contribution in [0.25, 0.3) is 5.57 Å². The third-order valence-corrected chi connectivity index (χ3v) is 6.06. The molecule has 5 nitrogen and oxygen atoms in total. The van der Waals surface area contributed by atoms with E-state index in [1.54, 1.807) is 18.2 Å². The van der Waals surface area contributed by atoms with E-state index in [0.29, 0.717) is 33.3 Å². The average molecular weight is 461 g/mol. The highest BCUT2D eigenvalue weighted by molar-refractivity contribution is 6.46. The molecule has 3 aromatic rings. The highest BCUT2D eigenvalue weighted by Gasteiger charge is 2.40. The Hall–Kier alpha value is -3.57. The predicted molar refractivity (Wildman–Crippen MR) is 133 cm³/mol. The number of ether oxygens (including phenoxy) is 1. The van der Waals surface area contributed by atoms with Crippen molar-refractivity contribution in [1.29, 1.82) is 0 Å². The van der Waals surface area contributed by atoms with Crippen molar-refractivity contribution in [1.82, 2.24) is 0 Å². The van der Waals surface area contributed by atoms with E-state index in [4.69, 9.17) is 16.3 Å². The van der Waals surface area contributed by atoms with Gasteiger partial charge in [0, 0.05) is 5.69 Å². The topological polar surface area (TPSA) is 58.6 Å². The van der Waals surface area contributed by atoms with Crippen LogP contribution in [0.1, 0.15) is 27.8 Å². The maximum absolute atomic E-state index is 13.7. The Balaban J connectivity index is 1.85. The maximum atomic E-state index is 13.7. The molecule has 0 unspecified atom stereocenters. The number of methoxy groups -OCH3 is 1. The first-order valence-electron chi connectivity index (χ1n) is 10.6. The van der Waals surface area contributed by atoms with Gasteiger partial charge < -0.3 is 10.1 Å². The standard InChI is InChI=1S/C27H25ClN2O3/c1-15-10-16(2)12-21(11-15)30-26(31)24(19-7-6-17(3)18(4)13-19)25(27(30)32)29-20-8-9-23(33-5)22(28)14-20/h6-14,29H,1-5H3. The Morgan fingerprint density at radius 3 is 2.12 bits per heavy atom. The van der Waals surface area contributed by atoms with Gasteiger partial charge in [0.25, 0.3) is 11.8 Å². The predicted octanol–water partition coefficient (Wildman–Crippen LogP) is 5.98. The van der Waals surface area contributed by atoms with Crippen molar-refractivity contribution >= 4 is 40.4 Å². The second kappa shape index (κ2) is 8.75. The SMILES string of the molecule is COc1ccc(NC2=C(c3ccc(C)c(C)c3)C(=O)N(c3cc(C)cc(C)c3)C2=O)cc1Cl. The molecule has 0 saturated carbocycles. The molecule has 1 aliphatic heterocycles. The van der Waals surface area contributed by atoms with Crippen molar-refractivity contribution in [3.8, 4) is 5.75 Å². The number of carbonyl (C=O) groups is 2. The van der Waals surface area contributed by atoms with E-state index in [2.05, 4.69) is 5.32 Å². The van der Waals surface area contributed by atoms with E-state index in [9.17, 15) is 9.59 Å². The van der Waals surface area contributed by atoms with Gasteiger partial charge in [0.05, 0.1) is 23.4 Å². The molecule has 4 rings (SSSR count). The minimum Gasteiger partial charge on any atom is -0.495 e. The van der Waals surface area contributed by atoms with Crippen molar-refractivity contribution in [2.75, 3.05) is 17.3 Å². The lowest BCUT2D eigenvalue weighted by Crippen LogP contribution is -2.32. The lowest BCUT2D eigenvalue weighted by Gasteiger charge is -2.17. The lowest BCUT2D eigenvalue weighted by molar-refractivity contribution is -0.120. The molecular weight excluding hydrogens is 436 g/mol. The van der Waals surface area contributed by atoms with Crippen molar-refractivity contribution in [3.63, 3.8) is 0 Å². The largest absolute Gasteiger partial charge is 0.495 e. The number of halogens is 1. The first-order valence-corrected chi connectivity index (χ1v) is 11.0. The minimum atomic E-state index is -0.412. The third-order valence-electron chi connectivity index (χ3n) is 5.77. The van der Waals surface area contributed by atoms with E-state index < -0.39 is 5.91 Å². The molecule has 168 valence electrons. The number of rotatable bonds is 5. The van der Waals surface area contributed by atoms with E-state index in [1.165, 1.54) is 12.0 Å². The summed E-state index contributed by atoms with van der Waals surface area (Å²) < 4.78 is 5.22. The fourth-order valence-electron chi connectivity index (χ4n) is 4.01. The van der Waals surface area contributed by atoms with Crippen LogP contribution in [0.5, 0.6) is 5.75 Å². The molecule has 0 fully saturated rings. The van der Waals surface area contributed by atoms with Crippen LogP contribution in [0.2, 0.25) is 5.02 Å². The zero-order valence-electron chi connectivity index (χ0n) is 19.2. The van der Waals surface area contributed by atoms with Gasteiger partial charge in [0.1, 0.15) is 11.4 Å². The van der Waals surface area contributed by atoms with Crippen LogP contribution < -0.4 is 15.0 Å². The molecule has 0 aliphatic carbocycles. The number of carbonyl (C=O) groups excluding carboxylic acids is 2. The molecule has 0 saturated heterocycles. The quantitative estimate of drug-likeness (QED) is 0.476.